The second-order valence-corrected chi connectivity index (χ2v) is 17.5. The summed E-state index contributed by atoms with van der Waals surface area (Å²) in [6.45, 7) is 6.42. The van der Waals surface area contributed by atoms with E-state index in [0.717, 1.165) is 57.2 Å². The number of carbonyl (C=O) groups is 4. The third-order valence-corrected chi connectivity index (χ3v) is 12.8. The fourth-order valence-corrected chi connectivity index (χ4v) is 8.69. The monoisotopic (exact) mass is 996 g/mol. The van der Waals surface area contributed by atoms with E-state index in [1.54, 1.807) is 28.0 Å². The van der Waals surface area contributed by atoms with E-state index in [-0.39, 0.29) is 48.1 Å². The number of likely N-dealkylation sites (tertiary alicyclic amines) is 2. The Labute approximate surface area is 418 Å². The van der Waals surface area contributed by atoms with E-state index >= 15 is 0 Å². The number of carbonyl (C=O) groups excluding carboxylic acids is 3. The fourth-order valence-electron chi connectivity index (χ4n) is 8.69. The number of aromatic carboxylic acids is 1. The summed E-state index contributed by atoms with van der Waals surface area (Å²) in [7, 11) is 6.87. The van der Waals surface area contributed by atoms with Gasteiger partial charge in [0.05, 0.1) is 62.1 Å². The summed E-state index contributed by atoms with van der Waals surface area (Å²) in [5, 5.41) is 30.5. The molecule has 0 spiro atoms. The van der Waals surface area contributed by atoms with Gasteiger partial charge < -0.3 is 44.5 Å². The molecule has 0 atom stereocenters. The van der Waals surface area contributed by atoms with Crippen LogP contribution in [0.25, 0.3) is 44.6 Å². The van der Waals surface area contributed by atoms with E-state index in [1.165, 1.54) is 32.7 Å². The highest BCUT2D eigenvalue weighted by molar-refractivity contribution is 5.95. The van der Waals surface area contributed by atoms with Crippen LogP contribution in [0.4, 0.5) is 0 Å². The molecule has 0 aliphatic carbocycles. The average molecular weight is 997 g/mol. The number of nitrogens with zero attached hydrogens (tertiary/aromatic N) is 12. The maximum Gasteiger partial charge on any atom is 0.354 e. The number of benzene rings is 2. The predicted octanol–water partition coefficient (Wildman–Crippen LogP) is 4.86. The number of amides is 3. The van der Waals surface area contributed by atoms with E-state index in [1.807, 2.05) is 73.7 Å². The first kappa shape index (κ1) is 50.8. The van der Waals surface area contributed by atoms with Crippen molar-refractivity contribution in [2.24, 2.45) is 19.8 Å². The van der Waals surface area contributed by atoms with Gasteiger partial charge in [0.2, 0.25) is 35.2 Å². The molecular formula is C50H56N14O9. The van der Waals surface area contributed by atoms with Crippen LogP contribution in [0.3, 0.4) is 0 Å². The third kappa shape index (κ3) is 11.8. The van der Waals surface area contributed by atoms with Crippen molar-refractivity contribution in [3.05, 3.63) is 108 Å². The van der Waals surface area contributed by atoms with Crippen LogP contribution in [0, 0.1) is 13.8 Å². The standard InChI is InChI=1S/C25H27N7O4.C18H22N6O2.C7H7NO3/c1-15-19-6-4-17(12-21(19)31(2)29-15)23-28-25(36-30-23)16-8-10-32(11-9-16)22(33)14-27-24(34)20-7-5-18(35-3)13-26-20;1-11-14-4-3-13(9-15(14)23(2)21-11)17-20-18(26-22-17)12-5-7-24(8-6-12)16(25)10-19;1-11-5-2-3-6(7(9)10)8-4-5/h4-7,12-13,16H,8-11,14H2,1-3H3,(H,27,34);3-4,9,12H,5-8,10,19H2,1-2H3;2-4H,1H3,(H,9,10). The maximum atomic E-state index is 12.6. The summed E-state index contributed by atoms with van der Waals surface area (Å²) < 4.78 is 24.6. The van der Waals surface area contributed by atoms with Gasteiger partial charge in [0.1, 0.15) is 22.9 Å². The molecule has 2 aromatic carbocycles. The molecule has 2 saturated heterocycles. The van der Waals surface area contributed by atoms with Gasteiger partial charge in [0.15, 0.2) is 0 Å². The molecule has 6 aromatic heterocycles. The highest BCUT2D eigenvalue weighted by Gasteiger charge is 2.29. The highest BCUT2D eigenvalue weighted by atomic mass is 16.5. The lowest BCUT2D eigenvalue weighted by atomic mass is 9.96. The minimum Gasteiger partial charge on any atom is -0.495 e. The summed E-state index contributed by atoms with van der Waals surface area (Å²) in [6.07, 6.45) is 5.87. The van der Waals surface area contributed by atoms with Crippen molar-refractivity contribution in [3.8, 4) is 34.3 Å². The van der Waals surface area contributed by atoms with E-state index < -0.39 is 11.9 Å². The molecule has 0 bridgehead atoms. The lowest BCUT2D eigenvalue weighted by Crippen LogP contribution is -2.43. The molecule has 3 amide bonds. The summed E-state index contributed by atoms with van der Waals surface area (Å²) in [5.41, 5.74) is 11.5. The molecule has 0 saturated carbocycles. The minimum absolute atomic E-state index is 0.00515. The van der Waals surface area contributed by atoms with Crippen molar-refractivity contribution in [2.45, 2.75) is 51.4 Å². The van der Waals surface area contributed by atoms with E-state index in [0.29, 0.717) is 73.9 Å². The zero-order valence-corrected chi connectivity index (χ0v) is 41.3. The van der Waals surface area contributed by atoms with Gasteiger partial charge >= 0.3 is 5.97 Å². The molecule has 8 aromatic rings. The smallest absolute Gasteiger partial charge is 0.354 e. The minimum atomic E-state index is -1.03. The van der Waals surface area contributed by atoms with Crippen LogP contribution in [-0.2, 0) is 23.7 Å². The molecule has 2 aliphatic rings. The number of piperidine rings is 2. The lowest BCUT2D eigenvalue weighted by Gasteiger charge is -2.30. The summed E-state index contributed by atoms with van der Waals surface area (Å²) >= 11 is 0. The van der Waals surface area contributed by atoms with Gasteiger partial charge in [-0.25, -0.2) is 14.8 Å². The van der Waals surface area contributed by atoms with Gasteiger partial charge in [-0.3, -0.25) is 23.7 Å². The molecule has 73 heavy (non-hydrogen) atoms. The molecule has 0 unspecified atom stereocenters. The van der Waals surface area contributed by atoms with Crippen molar-refractivity contribution in [1.82, 2.24) is 64.9 Å². The second kappa shape index (κ2) is 22.6. The van der Waals surface area contributed by atoms with Crippen LogP contribution < -0.4 is 20.5 Å². The Kier molecular flexibility index (Phi) is 15.8. The number of carboxylic acid groups (broad SMARTS) is 1. The van der Waals surface area contributed by atoms with Crippen LogP contribution in [0.2, 0.25) is 0 Å². The van der Waals surface area contributed by atoms with Crippen molar-refractivity contribution in [1.29, 1.82) is 0 Å². The Morgan fingerprint density at radius 3 is 1.53 bits per heavy atom. The van der Waals surface area contributed by atoms with E-state index in [2.05, 4.69) is 45.8 Å². The SMILES string of the molecule is COc1ccc(C(=O)NCC(=O)N2CCC(c3nc(-c4ccc5c(C)nn(C)c5c4)no3)CC2)nc1.COc1ccc(C(=O)O)nc1.Cc1nn(C)c2cc(-c3noc(C4CCN(C(=O)CN)CC4)n3)ccc12. The summed E-state index contributed by atoms with van der Waals surface area (Å²) in [6, 6.07) is 18.2. The molecule has 380 valence electrons. The first-order valence-corrected chi connectivity index (χ1v) is 23.5. The van der Waals surface area contributed by atoms with Crippen LogP contribution in [0.1, 0.15) is 81.7 Å². The molecule has 4 N–H and O–H groups in total. The van der Waals surface area contributed by atoms with Gasteiger partial charge in [-0.1, -0.05) is 34.6 Å². The Hall–Kier alpha value is -8.60. The highest BCUT2D eigenvalue weighted by Crippen LogP contribution is 2.32. The van der Waals surface area contributed by atoms with Crippen molar-refractivity contribution in [2.75, 3.05) is 53.5 Å². The van der Waals surface area contributed by atoms with Crippen LogP contribution in [0.15, 0.2) is 82.1 Å². The first-order valence-electron chi connectivity index (χ1n) is 23.5. The van der Waals surface area contributed by atoms with Crippen molar-refractivity contribution >= 4 is 45.5 Å². The zero-order chi connectivity index (χ0) is 51.8. The summed E-state index contributed by atoms with van der Waals surface area (Å²) in [5.74, 6) is 2.14. The molecule has 23 heteroatoms. The number of methoxy groups -OCH3 is 2. The number of aromatic nitrogens is 10. The Bertz CT molecular complexity index is 3220. The number of hydrogen-bond donors (Lipinski definition) is 3. The first-order chi connectivity index (χ1) is 35.2. The largest absolute Gasteiger partial charge is 0.495 e. The van der Waals surface area contributed by atoms with Gasteiger partial charge in [0.25, 0.3) is 5.91 Å². The second-order valence-electron chi connectivity index (χ2n) is 17.5. The number of fused-ring (bicyclic) bond motifs is 2. The topological polar surface area (TPSA) is 291 Å². The number of nitrogens with two attached hydrogens (primary N) is 1. The Morgan fingerprint density at radius 1 is 0.671 bits per heavy atom. The molecule has 8 heterocycles. The lowest BCUT2D eigenvalue weighted by molar-refractivity contribution is -0.131. The number of pyridine rings is 2. The van der Waals surface area contributed by atoms with Gasteiger partial charge in [0, 0.05) is 74.0 Å². The number of hydrogen-bond acceptors (Lipinski definition) is 17. The Morgan fingerprint density at radius 2 is 1.12 bits per heavy atom. The fraction of sp³-hybridized carbons (Fsp3) is 0.360. The predicted molar refractivity (Wildman–Crippen MR) is 265 cm³/mol. The number of carboxylic acids is 1. The summed E-state index contributed by atoms with van der Waals surface area (Å²) in [4.78, 5) is 67.3. The quantitative estimate of drug-likeness (QED) is 0.156. The zero-order valence-electron chi connectivity index (χ0n) is 41.3. The molecule has 2 aliphatic heterocycles. The van der Waals surface area contributed by atoms with Crippen LogP contribution >= 0.6 is 0 Å². The van der Waals surface area contributed by atoms with Crippen LogP contribution in [0.5, 0.6) is 11.5 Å². The van der Waals surface area contributed by atoms with Crippen LogP contribution in [-0.4, -0.2) is 142 Å². The third-order valence-electron chi connectivity index (χ3n) is 12.8. The van der Waals surface area contributed by atoms with Crippen molar-refractivity contribution < 1.29 is 42.8 Å². The normalized spacial score (nSPS) is 14.0. The molecule has 2 fully saturated rings. The number of aryl methyl sites for hydroxylation is 4. The number of ether oxygens (including phenoxy) is 2. The molecule has 10 rings (SSSR count). The molecule has 23 nitrogen and oxygen atoms in total. The number of nitrogens with one attached hydrogen (secondary N) is 1. The maximum absolute atomic E-state index is 12.6. The van der Waals surface area contributed by atoms with E-state index in [4.69, 9.17) is 29.4 Å². The number of rotatable bonds is 11. The Balaban J connectivity index is 0.000000167. The molecular weight excluding hydrogens is 941 g/mol. The van der Waals surface area contributed by atoms with E-state index in [9.17, 15) is 19.2 Å². The van der Waals surface area contributed by atoms with Gasteiger partial charge in [-0.15, -0.1) is 0 Å². The van der Waals surface area contributed by atoms with Crippen molar-refractivity contribution in [3.63, 3.8) is 0 Å². The van der Waals surface area contributed by atoms with Gasteiger partial charge in [-0.05, 0) is 75.9 Å². The average Bonchev–Trinajstić information content (AvgIpc) is 4.24. The van der Waals surface area contributed by atoms with Gasteiger partial charge in [-0.2, -0.15) is 20.2 Å². The molecule has 0 radical (unpaired) electrons.